The molecule has 1 aromatic rings. The third-order valence-electron chi connectivity index (χ3n) is 2.30. The number of likely N-dealkylation sites (N-methyl/N-ethyl adjacent to an activating group) is 1. The maximum atomic E-state index is 13.6. The molecule has 16 heavy (non-hydrogen) atoms. The van der Waals surface area contributed by atoms with E-state index in [0.717, 1.165) is 6.54 Å². The maximum Gasteiger partial charge on any atom is 0.131 e. The van der Waals surface area contributed by atoms with Crippen LogP contribution < -0.4 is 10.5 Å². The molecule has 1 atom stereocenters. The summed E-state index contributed by atoms with van der Waals surface area (Å²) in [7, 11) is 3.45. The first kappa shape index (κ1) is 12.9. The fourth-order valence-electron chi connectivity index (χ4n) is 1.63. The van der Waals surface area contributed by atoms with E-state index in [0.29, 0.717) is 17.9 Å². The van der Waals surface area contributed by atoms with E-state index in [4.69, 9.17) is 10.5 Å². The molecular weight excluding hydrogens is 207 g/mol. The molecule has 0 heterocycles. The number of hydrogen-bond acceptors (Lipinski definition) is 3. The zero-order chi connectivity index (χ0) is 12.1. The molecule has 0 aliphatic rings. The lowest BCUT2D eigenvalue weighted by atomic mass is 10.2. The van der Waals surface area contributed by atoms with Gasteiger partial charge in [-0.15, -0.1) is 0 Å². The molecule has 1 unspecified atom stereocenters. The molecule has 0 saturated heterocycles. The Labute approximate surface area is 96.0 Å². The van der Waals surface area contributed by atoms with Crippen molar-refractivity contribution in [2.24, 2.45) is 5.73 Å². The largest absolute Gasteiger partial charge is 0.497 e. The van der Waals surface area contributed by atoms with Gasteiger partial charge in [-0.05, 0) is 20.0 Å². The van der Waals surface area contributed by atoms with Crippen LogP contribution in [0, 0.1) is 5.82 Å². The van der Waals surface area contributed by atoms with Crippen molar-refractivity contribution in [2.75, 3.05) is 20.7 Å². The highest BCUT2D eigenvalue weighted by Crippen LogP contribution is 2.17. The first-order chi connectivity index (χ1) is 7.52. The predicted octanol–water partition coefficient (Wildman–Crippen LogP) is 1.61. The van der Waals surface area contributed by atoms with Gasteiger partial charge >= 0.3 is 0 Å². The molecule has 0 aliphatic carbocycles. The maximum absolute atomic E-state index is 13.6. The second-order valence-corrected chi connectivity index (χ2v) is 4.13. The number of nitrogens with two attached hydrogens (primary N) is 1. The van der Waals surface area contributed by atoms with Crippen molar-refractivity contribution in [3.8, 4) is 5.75 Å². The van der Waals surface area contributed by atoms with Crippen LogP contribution in [0.3, 0.4) is 0 Å². The van der Waals surface area contributed by atoms with Gasteiger partial charge in [-0.1, -0.05) is 6.07 Å². The highest BCUT2D eigenvalue weighted by Gasteiger charge is 2.08. The van der Waals surface area contributed by atoms with Crippen LogP contribution in [0.15, 0.2) is 18.2 Å². The van der Waals surface area contributed by atoms with E-state index in [1.165, 1.54) is 13.2 Å². The van der Waals surface area contributed by atoms with Crippen molar-refractivity contribution in [2.45, 2.75) is 19.5 Å². The van der Waals surface area contributed by atoms with Crippen LogP contribution in [0.5, 0.6) is 5.75 Å². The summed E-state index contributed by atoms with van der Waals surface area (Å²) in [5.74, 6) is 0.298. The topological polar surface area (TPSA) is 38.5 Å². The molecule has 0 bridgehead atoms. The Morgan fingerprint density at radius 3 is 2.69 bits per heavy atom. The van der Waals surface area contributed by atoms with Crippen molar-refractivity contribution in [3.63, 3.8) is 0 Å². The standard InChI is InChI=1S/C12H19FN2O/c1-9(14)7-15(2)8-10-4-5-11(16-3)6-12(10)13/h4-6,9H,7-8,14H2,1-3H3. The van der Waals surface area contributed by atoms with Crippen LogP contribution in [0.25, 0.3) is 0 Å². The van der Waals surface area contributed by atoms with Gasteiger partial charge in [0.05, 0.1) is 7.11 Å². The summed E-state index contributed by atoms with van der Waals surface area (Å²) in [5, 5.41) is 0. The van der Waals surface area contributed by atoms with Crippen molar-refractivity contribution < 1.29 is 9.13 Å². The average Bonchev–Trinajstić information content (AvgIpc) is 2.19. The molecule has 90 valence electrons. The molecule has 0 radical (unpaired) electrons. The van der Waals surface area contributed by atoms with Gasteiger partial charge in [-0.25, -0.2) is 4.39 Å². The minimum Gasteiger partial charge on any atom is -0.497 e. The number of rotatable bonds is 5. The molecule has 0 spiro atoms. The Kier molecular flexibility index (Phi) is 4.71. The Bertz CT molecular complexity index is 342. The summed E-state index contributed by atoms with van der Waals surface area (Å²) >= 11 is 0. The minimum absolute atomic E-state index is 0.0892. The van der Waals surface area contributed by atoms with E-state index < -0.39 is 0 Å². The highest BCUT2D eigenvalue weighted by molar-refractivity contribution is 5.28. The monoisotopic (exact) mass is 226 g/mol. The van der Waals surface area contributed by atoms with Crippen molar-refractivity contribution >= 4 is 0 Å². The number of benzene rings is 1. The van der Waals surface area contributed by atoms with Gasteiger partial charge in [0.2, 0.25) is 0 Å². The molecule has 0 aliphatic heterocycles. The summed E-state index contributed by atoms with van der Waals surface area (Å²) in [6.07, 6.45) is 0. The van der Waals surface area contributed by atoms with Gasteiger partial charge in [-0.3, -0.25) is 0 Å². The molecule has 2 N–H and O–H groups in total. The van der Waals surface area contributed by atoms with Crippen LogP contribution >= 0.6 is 0 Å². The molecule has 1 aromatic carbocycles. The zero-order valence-electron chi connectivity index (χ0n) is 10.0. The zero-order valence-corrected chi connectivity index (χ0v) is 10.0. The van der Waals surface area contributed by atoms with E-state index in [2.05, 4.69) is 0 Å². The van der Waals surface area contributed by atoms with Crippen molar-refractivity contribution in [1.29, 1.82) is 0 Å². The number of ether oxygens (including phenoxy) is 1. The van der Waals surface area contributed by atoms with E-state index in [1.807, 2.05) is 18.9 Å². The van der Waals surface area contributed by atoms with Gasteiger partial charge in [0, 0.05) is 30.8 Å². The Hall–Kier alpha value is -1.13. The molecule has 0 fully saturated rings. The first-order valence-corrected chi connectivity index (χ1v) is 5.29. The molecule has 4 heteroatoms. The van der Waals surface area contributed by atoms with Gasteiger partial charge < -0.3 is 15.4 Å². The van der Waals surface area contributed by atoms with Crippen LogP contribution in [0.4, 0.5) is 4.39 Å². The summed E-state index contributed by atoms with van der Waals surface area (Å²) in [4.78, 5) is 2.00. The van der Waals surface area contributed by atoms with Crippen LogP contribution in [0.2, 0.25) is 0 Å². The lowest BCUT2D eigenvalue weighted by Crippen LogP contribution is -2.32. The quantitative estimate of drug-likeness (QED) is 0.829. The van der Waals surface area contributed by atoms with Gasteiger partial charge in [0.25, 0.3) is 0 Å². The molecule has 3 nitrogen and oxygen atoms in total. The number of hydrogen-bond donors (Lipinski definition) is 1. The Morgan fingerprint density at radius 1 is 1.50 bits per heavy atom. The number of halogens is 1. The SMILES string of the molecule is COc1ccc(CN(C)CC(C)N)c(F)c1. The fourth-order valence-corrected chi connectivity index (χ4v) is 1.63. The first-order valence-electron chi connectivity index (χ1n) is 5.29. The van der Waals surface area contributed by atoms with Crippen molar-refractivity contribution in [1.82, 2.24) is 4.90 Å². The summed E-state index contributed by atoms with van der Waals surface area (Å²) in [6.45, 7) is 3.23. The van der Waals surface area contributed by atoms with Crippen LogP contribution in [-0.4, -0.2) is 31.6 Å². The molecule has 0 aromatic heterocycles. The number of methoxy groups -OCH3 is 1. The van der Waals surface area contributed by atoms with Gasteiger partial charge in [0.15, 0.2) is 0 Å². The number of nitrogens with zero attached hydrogens (tertiary/aromatic N) is 1. The third kappa shape index (κ3) is 3.79. The lowest BCUT2D eigenvalue weighted by Gasteiger charge is -2.19. The molecule has 1 rings (SSSR count). The molecule has 0 amide bonds. The average molecular weight is 226 g/mol. The Morgan fingerprint density at radius 2 is 2.19 bits per heavy atom. The third-order valence-corrected chi connectivity index (χ3v) is 2.30. The minimum atomic E-state index is -0.240. The van der Waals surface area contributed by atoms with E-state index in [1.54, 1.807) is 12.1 Å². The summed E-state index contributed by atoms with van der Waals surface area (Å²) in [6, 6.07) is 4.99. The van der Waals surface area contributed by atoms with Crippen molar-refractivity contribution in [3.05, 3.63) is 29.6 Å². The van der Waals surface area contributed by atoms with Gasteiger partial charge in [0.1, 0.15) is 11.6 Å². The van der Waals surface area contributed by atoms with Crippen LogP contribution in [0.1, 0.15) is 12.5 Å². The smallest absolute Gasteiger partial charge is 0.131 e. The summed E-state index contributed by atoms with van der Waals surface area (Å²) in [5.41, 5.74) is 6.33. The fraction of sp³-hybridized carbons (Fsp3) is 0.500. The second kappa shape index (κ2) is 5.82. The summed E-state index contributed by atoms with van der Waals surface area (Å²) < 4.78 is 18.5. The normalized spacial score (nSPS) is 12.9. The highest BCUT2D eigenvalue weighted by atomic mass is 19.1. The molecule has 0 saturated carbocycles. The van der Waals surface area contributed by atoms with E-state index in [9.17, 15) is 4.39 Å². The van der Waals surface area contributed by atoms with E-state index in [-0.39, 0.29) is 11.9 Å². The van der Waals surface area contributed by atoms with E-state index >= 15 is 0 Å². The van der Waals surface area contributed by atoms with Crippen LogP contribution in [-0.2, 0) is 6.54 Å². The Balaban J connectivity index is 2.66. The predicted molar refractivity (Wildman–Crippen MR) is 62.9 cm³/mol. The molecular formula is C12H19FN2O. The van der Waals surface area contributed by atoms with Gasteiger partial charge in [-0.2, -0.15) is 0 Å². The lowest BCUT2D eigenvalue weighted by molar-refractivity contribution is 0.304. The second-order valence-electron chi connectivity index (χ2n) is 4.13.